The molecule has 0 bridgehead atoms. The van der Waals surface area contributed by atoms with Gasteiger partial charge in [0.1, 0.15) is 6.07 Å². The second kappa shape index (κ2) is 4.61. The highest BCUT2D eigenvalue weighted by Crippen LogP contribution is 2.74. The van der Waals surface area contributed by atoms with Crippen molar-refractivity contribution < 1.29 is 18.3 Å². The Morgan fingerprint density at radius 3 is 2.71 bits per heavy atom. The van der Waals surface area contributed by atoms with Crippen molar-refractivity contribution in [2.75, 3.05) is 24.6 Å². The van der Waals surface area contributed by atoms with E-state index in [9.17, 15) is 23.5 Å². The molecule has 24 heavy (non-hydrogen) atoms. The number of aliphatic hydroxyl groups excluding tert-OH is 1. The van der Waals surface area contributed by atoms with Crippen LogP contribution in [-0.4, -0.2) is 36.0 Å². The fourth-order valence-electron chi connectivity index (χ4n) is 4.15. The van der Waals surface area contributed by atoms with Crippen molar-refractivity contribution >= 4 is 16.6 Å². The molecule has 2 aliphatic rings. The summed E-state index contributed by atoms with van der Waals surface area (Å²) in [7, 11) is 0. The molecule has 1 saturated carbocycles. The van der Waals surface area contributed by atoms with Gasteiger partial charge in [-0.1, -0.05) is 0 Å². The van der Waals surface area contributed by atoms with Crippen molar-refractivity contribution in [2.45, 2.75) is 12.6 Å². The molecule has 1 aromatic carbocycles. The molecule has 1 saturated heterocycles. The van der Waals surface area contributed by atoms with Crippen LogP contribution in [0.4, 0.5) is 18.9 Å². The number of aliphatic hydroxyl groups is 1. The number of halogens is 3. The van der Waals surface area contributed by atoms with Crippen molar-refractivity contribution in [1.82, 2.24) is 4.98 Å². The maximum absolute atomic E-state index is 13.5. The Labute approximate surface area is 136 Å². The summed E-state index contributed by atoms with van der Waals surface area (Å²) in [6, 6.07) is 8.77. The molecule has 0 spiro atoms. The SMILES string of the molecule is N#Cc1ccc(N2CC3(CO)CC3(C(F)(F)F)C2)c2cccnc12. The van der Waals surface area contributed by atoms with E-state index in [2.05, 4.69) is 11.1 Å². The first-order valence-corrected chi connectivity index (χ1v) is 7.58. The van der Waals surface area contributed by atoms with Crippen LogP contribution in [0.1, 0.15) is 12.0 Å². The number of anilines is 1. The summed E-state index contributed by atoms with van der Waals surface area (Å²) in [6.45, 7) is -0.499. The van der Waals surface area contributed by atoms with Gasteiger partial charge in [0.2, 0.25) is 0 Å². The molecule has 1 aromatic heterocycles. The Kier molecular flexibility index (Phi) is 2.92. The van der Waals surface area contributed by atoms with Gasteiger partial charge in [0, 0.05) is 35.8 Å². The summed E-state index contributed by atoms with van der Waals surface area (Å²) in [5.41, 5.74) is -1.45. The quantitative estimate of drug-likeness (QED) is 0.918. The number of alkyl halides is 3. The van der Waals surface area contributed by atoms with Crippen LogP contribution >= 0.6 is 0 Å². The van der Waals surface area contributed by atoms with Crippen LogP contribution in [0.5, 0.6) is 0 Å². The smallest absolute Gasteiger partial charge is 0.396 e. The van der Waals surface area contributed by atoms with Crippen LogP contribution in [-0.2, 0) is 0 Å². The minimum absolute atomic E-state index is 0.0248. The van der Waals surface area contributed by atoms with Crippen LogP contribution in [0.3, 0.4) is 0 Å². The van der Waals surface area contributed by atoms with Gasteiger partial charge in [-0.2, -0.15) is 18.4 Å². The van der Waals surface area contributed by atoms with Gasteiger partial charge < -0.3 is 10.0 Å². The first kappa shape index (κ1) is 15.2. The Morgan fingerprint density at radius 1 is 1.29 bits per heavy atom. The molecule has 4 nitrogen and oxygen atoms in total. The van der Waals surface area contributed by atoms with E-state index in [-0.39, 0.29) is 19.5 Å². The van der Waals surface area contributed by atoms with Crippen LogP contribution < -0.4 is 4.90 Å². The third-order valence-electron chi connectivity index (χ3n) is 5.54. The minimum atomic E-state index is -4.34. The molecule has 0 radical (unpaired) electrons. The van der Waals surface area contributed by atoms with Crippen LogP contribution in [0, 0.1) is 22.2 Å². The van der Waals surface area contributed by atoms with E-state index in [1.807, 2.05) is 0 Å². The van der Waals surface area contributed by atoms with E-state index in [1.165, 1.54) is 0 Å². The fraction of sp³-hybridized carbons (Fsp3) is 0.412. The summed E-state index contributed by atoms with van der Waals surface area (Å²) in [5.74, 6) is 0. The van der Waals surface area contributed by atoms with Gasteiger partial charge >= 0.3 is 6.18 Å². The number of rotatable bonds is 2. The standard InChI is InChI=1S/C17H14F3N3O/c18-17(19,20)16-7-15(16,10-24)8-23(9-16)13-4-3-11(6-21)14-12(13)2-1-5-22-14/h1-5,24H,7-10H2. The van der Waals surface area contributed by atoms with E-state index < -0.39 is 23.6 Å². The molecule has 2 aromatic rings. The van der Waals surface area contributed by atoms with Crippen LogP contribution in [0.25, 0.3) is 10.9 Å². The van der Waals surface area contributed by atoms with Gasteiger partial charge in [0.15, 0.2) is 0 Å². The predicted octanol–water partition coefficient (Wildman–Crippen LogP) is 2.86. The van der Waals surface area contributed by atoms with Crippen molar-refractivity contribution in [1.29, 1.82) is 5.26 Å². The van der Waals surface area contributed by atoms with Crippen molar-refractivity contribution in [2.24, 2.45) is 10.8 Å². The van der Waals surface area contributed by atoms with Crippen molar-refractivity contribution in [3.05, 3.63) is 36.0 Å². The number of hydrogen-bond donors (Lipinski definition) is 1. The van der Waals surface area contributed by atoms with E-state index >= 15 is 0 Å². The van der Waals surface area contributed by atoms with Gasteiger partial charge in [-0.25, -0.2) is 0 Å². The first-order valence-electron chi connectivity index (χ1n) is 7.58. The van der Waals surface area contributed by atoms with Crippen LogP contribution in [0.15, 0.2) is 30.5 Å². The number of piperidine rings is 1. The zero-order chi connectivity index (χ0) is 17.2. The number of benzene rings is 1. The van der Waals surface area contributed by atoms with Gasteiger partial charge in [-0.15, -0.1) is 0 Å². The summed E-state index contributed by atoms with van der Waals surface area (Å²) < 4.78 is 40.6. The Balaban J connectivity index is 1.80. The maximum Gasteiger partial charge on any atom is 0.396 e. The lowest BCUT2D eigenvalue weighted by Crippen LogP contribution is -2.33. The van der Waals surface area contributed by atoms with E-state index in [0.29, 0.717) is 22.2 Å². The molecule has 2 unspecified atom stereocenters. The molecule has 1 N–H and O–H groups in total. The highest BCUT2D eigenvalue weighted by molar-refractivity contribution is 5.95. The van der Waals surface area contributed by atoms with Crippen molar-refractivity contribution in [3.63, 3.8) is 0 Å². The molecule has 2 heterocycles. The Morgan fingerprint density at radius 2 is 2.08 bits per heavy atom. The number of aromatic nitrogens is 1. The molecule has 7 heteroatoms. The van der Waals surface area contributed by atoms with E-state index in [1.54, 1.807) is 35.4 Å². The largest absolute Gasteiger partial charge is 0.396 e. The summed E-state index contributed by atoms with van der Waals surface area (Å²) >= 11 is 0. The third kappa shape index (κ3) is 1.75. The summed E-state index contributed by atoms with van der Waals surface area (Å²) in [4.78, 5) is 5.86. The highest BCUT2D eigenvalue weighted by atomic mass is 19.4. The van der Waals surface area contributed by atoms with Crippen molar-refractivity contribution in [3.8, 4) is 6.07 Å². The average molecular weight is 333 g/mol. The summed E-state index contributed by atoms with van der Waals surface area (Å²) in [6.07, 6.45) is -2.81. The number of nitriles is 1. The molecule has 4 rings (SSSR count). The first-order chi connectivity index (χ1) is 11.4. The van der Waals surface area contributed by atoms with E-state index in [0.717, 1.165) is 0 Å². The van der Waals surface area contributed by atoms with Gasteiger partial charge in [0.25, 0.3) is 0 Å². The Hall–Kier alpha value is -2.33. The zero-order valence-electron chi connectivity index (χ0n) is 12.6. The van der Waals surface area contributed by atoms with Gasteiger partial charge in [-0.05, 0) is 30.7 Å². The minimum Gasteiger partial charge on any atom is -0.396 e. The molecular formula is C17H14F3N3O. The second-order valence-electron chi connectivity index (χ2n) is 6.69. The van der Waals surface area contributed by atoms with Gasteiger partial charge in [0.05, 0.1) is 23.1 Å². The predicted molar refractivity (Wildman–Crippen MR) is 81.3 cm³/mol. The molecular weight excluding hydrogens is 319 g/mol. The Bertz CT molecular complexity index is 875. The number of pyridine rings is 1. The molecule has 2 atom stereocenters. The van der Waals surface area contributed by atoms with Crippen LogP contribution in [0.2, 0.25) is 0 Å². The topological polar surface area (TPSA) is 60.2 Å². The van der Waals surface area contributed by atoms with Gasteiger partial charge in [-0.3, -0.25) is 4.98 Å². The molecule has 2 fully saturated rings. The number of hydrogen-bond acceptors (Lipinski definition) is 4. The molecule has 0 amide bonds. The monoisotopic (exact) mass is 333 g/mol. The molecule has 124 valence electrons. The fourth-order valence-corrected chi connectivity index (χ4v) is 4.15. The molecule has 1 aliphatic heterocycles. The number of fused-ring (bicyclic) bond motifs is 2. The average Bonchev–Trinajstić information content (AvgIpc) is 3.11. The number of nitrogens with zero attached hydrogens (tertiary/aromatic N) is 3. The normalized spacial score (nSPS) is 28.7. The maximum atomic E-state index is 13.5. The second-order valence-corrected chi connectivity index (χ2v) is 6.69. The highest BCUT2D eigenvalue weighted by Gasteiger charge is 2.82. The molecule has 1 aliphatic carbocycles. The summed E-state index contributed by atoms with van der Waals surface area (Å²) in [5, 5.41) is 19.4. The zero-order valence-corrected chi connectivity index (χ0v) is 12.6. The third-order valence-corrected chi connectivity index (χ3v) is 5.54. The van der Waals surface area contributed by atoms with E-state index in [4.69, 9.17) is 0 Å². The lowest BCUT2D eigenvalue weighted by molar-refractivity contribution is -0.192. The lowest BCUT2D eigenvalue weighted by Gasteiger charge is -2.25. The lowest BCUT2D eigenvalue weighted by atomic mass is 9.97.